The van der Waals surface area contributed by atoms with Crippen LogP contribution in [-0.4, -0.2) is 53.8 Å². The molecule has 0 aromatic rings. The standard InChI is InChI=1S/C13H22N2O/c1-14-10-3-2-4-11(14)8-12(7-10)15-6-5-13(16)9-15/h10-12H,2-9H2,1H3. The molecule has 3 saturated heterocycles. The molecular weight excluding hydrogens is 200 g/mol. The molecule has 0 aromatic heterocycles. The molecule has 0 N–H and O–H groups in total. The third kappa shape index (κ3) is 1.80. The number of likely N-dealkylation sites (tertiary alicyclic amines) is 1. The number of hydrogen-bond donors (Lipinski definition) is 0. The molecule has 0 amide bonds. The molecule has 0 saturated carbocycles. The van der Waals surface area contributed by atoms with Crippen LogP contribution >= 0.6 is 0 Å². The number of Topliss-reactive ketones (excluding diaryl/α,β-unsaturated/α-hetero) is 1. The molecule has 2 bridgehead atoms. The van der Waals surface area contributed by atoms with Gasteiger partial charge in [-0.15, -0.1) is 0 Å². The fourth-order valence-electron chi connectivity index (χ4n) is 3.85. The summed E-state index contributed by atoms with van der Waals surface area (Å²) in [5.41, 5.74) is 0. The van der Waals surface area contributed by atoms with Gasteiger partial charge in [-0.3, -0.25) is 9.69 Å². The molecule has 0 aliphatic carbocycles. The normalized spacial score (nSPS) is 41.6. The number of fused-ring (bicyclic) bond motifs is 2. The minimum Gasteiger partial charge on any atom is -0.300 e. The molecule has 0 aromatic carbocycles. The predicted molar refractivity (Wildman–Crippen MR) is 63.4 cm³/mol. The maximum atomic E-state index is 11.4. The molecule has 3 nitrogen and oxygen atoms in total. The molecule has 3 fully saturated rings. The molecule has 90 valence electrons. The number of hydrogen-bond acceptors (Lipinski definition) is 3. The molecule has 16 heavy (non-hydrogen) atoms. The second-order valence-corrected chi connectivity index (χ2v) is 5.79. The van der Waals surface area contributed by atoms with Gasteiger partial charge in [0.15, 0.2) is 0 Å². The molecule has 2 atom stereocenters. The van der Waals surface area contributed by atoms with E-state index >= 15 is 0 Å². The van der Waals surface area contributed by atoms with Crippen LogP contribution < -0.4 is 0 Å². The van der Waals surface area contributed by atoms with Gasteiger partial charge in [0.05, 0.1) is 6.54 Å². The van der Waals surface area contributed by atoms with Crippen molar-refractivity contribution in [3.05, 3.63) is 0 Å². The topological polar surface area (TPSA) is 23.6 Å². The third-order valence-electron chi connectivity index (χ3n) is 4.89. The van der Waals surface area contributed by atoms with E-state index in [4.69, 9.17) is 0 Å². The van der Waals surface area contributed by atoms with Crippen molar-refractivity contribution in [2.45, 2.75) is 56.7 Å². The summed E-state index contributed by atoms with van der Waals surface area (Å²) in [6.45, 7) is 1.75. The largest absolute Gasteiger partial charge is 0.300 e. The van der Waals surface area contributed by atoms with Crippen molar-refractivity contribution >= 4 is 5.78 Å². The van der Waals surface area contributed by atoms with Crippen LogP contribution in [0.3, 0.4) is 0 Å². The minimum absolute atomic E-state index is 0.448. The van der Waals surface area contributed by atoms with Crippen molar-refractivity contribution in [1.29, 1.82) is 0 Å². The SMILES string of the molecule is CN1C2CCCC1CC(N1CCC(=O)C1)C2. The van der Waals surface area contributed by atoms with Gasteiger partial charge in [0.2, 0.25) is 0 Å². The summed E-state index contributed by atoms with van der Waals surface area (Å²) in [5, 5.41) is 0. The van der Waals surface area contributed by atoms with Crippen LogP contribution in [0.15, 0.2) is 0 Å². The van der Waals surface area contributed by atoms with Crippen LogP contribution in [-0.2, 0) is 4.79 Å². The summed E-state index contributed by atoms with van der Waals surface area (Å²) < 4.78 is 0. The lowest BCUT2D eigenvalue weighted by Gasteiger charge is -2.49. The smallest absolute Gasteiger partial charge is 0.148 e. The summed E-state index contributed by atoms with van der Waals surface area (Å²) in [6, 6.07) is 2.26. The lowest BCUT2D eigenvalue weighted by molar-refractivity contribution is -0.117. The molecule has 3 heteroatoms. The van der Waals surface area contributed by atoms with E-state index in [0.29, 0.717) is 11.8 Å². The Morgan fingerprint density at radius 2 is 1.81 bits per heavy atom. The van der Waals surface area contributed by atoms with Crippen molar-refractivity contribution in [2.75, 3.05) is 20.1 Å². The summed E-state index contributed by atoms with van der Waals surface area (Å²) in [7, 11) is 2.29. The average Bonchev–Trinajstić information content (AvgIpc) is 2.64. The van der Waals surface area contributed by atoms with Crippen LogP contribution in [0.4, 0.5) is 0 Å². The van der Waals surface area contributed by atoms with E-state index in [1.807, 2.05) is 0 Å². The van der Waals surface area contributed by atoms with E-state index in [9.17, 15) is 4.79 Å². The summed E-state index contributed by atoms with van der Waals surface area (Å²) >= 11 is 0. The van der Waals surface area contributed by atoms with Crippen LogP contribution in [0, 0.1) is 0 Å². The Bertz CT molecular complexity index is 278. The van der Waals surface area contributed by atoms with Gasteiger partial charge >= 0.3 is 0 Å². The van der Waals surface area contributed by atoms with Gasteiger partial charge in [-0.1, -0.05) is 6.42 Å². The second kappa shape index (κ2) is 4.11. The fourth-order valence-corrected chi connectivity index (χ4v) is 3.85. The molecule has 3 rings (SSSR count). The Morgan fingerprint density at radius 3 is 2.38 bits per heavy atom. The Hall–Kier alpha value is -0.410. The maximum absolute atomic E-state index is 11.4. The Labute approximate surface area is 97.8 Å². The first kappa shape index (κ1) is 10.7. The highest BCUT2D eigenvalue weighted by Gasteiger charge is 2.39. The quantitative estimate of drug-likeness (QED) is 0.667. The van der Waals surface area contributed by atoms with E-state index in [-0.39, 0.29) is 0 Å². The first-order chi connectivity index (χ1) is 7.74. The first-order valence-electron chi connectivity index (χ1n) is 6.71. The third-order valence-corrected chi connectivity index (χ3v) is 4.89. The van der Waals surface area contributed by atoms with E-state index in [1.54, 1.807) is 0 Å². The van der Waals surface area contributed by atoms with Gasteiger partial charge in [0, 0.05) is 31.1 Å². The molecular formula is C13H22N2O. The molecule has 3 aliphatic heterocycles. The molecule has 0 radical (unpaired) electrons. The second-order valence-electron chi connectivity index (χ2n) is 5.79. The number of nitrogens with zero attached hydrogens (tertiary/aromatic N) is 2. The average molecular weight is 222 g/mol. The predicted octanol–water partition coefficient (Wildman–Crippen LogP) is 1.28. The first-order valence-corrected chi connectivity index (χ1v) is 6.71. The van der Waals surface area contributed by atoms with E-state index in [1.165, 1.54) is 32.1 Å². The Balaban J connectivity index is 1.68. The Morgan fingerprint density at radius 1 is 1.12 bits per heavy atom. The number of rotatable bonds is 1. The zero-order chi connectivity index (χ0) is 11.1. The molecule has 2 unspecified atom stereocenters. The monoisotopic (exact) mass is 222 g/mol. The van der Waals surface area contributed by atoms with Crippen molar-refractivity contribution in [3.63, 3.8) is 0 Å². The zero-order valence-corrected chi connectivity index (χ0v) is 10.2. The van der Waals surface area contributed by atoms with Crippen molar-refractivity contribution in [1.82, 2.24) is 9.80 Å². The van der Waals surface area contributed by atoms with Gasteiger partial charge < -0.3 is 4.90 Å². The van der Waals surface area contributed by atoms with Gasteiger partial charge in [-0.2, -0.15) is 0 Å². The lowest BCUT2D eigenvalue weighted by Crippen LogP contribution is -2.55. The summed E-state index contributed by atoms with van der Waals surface area (Å²) in [4.78, 5) is 16.4. The van der Waals surface area contributed by atoms with Crippen LogP contribution in [0.1, 0.15) is 38.5 Å². The molecule has 3 aliphatic rings. The number of carbonyl (C=O) groups is 1. The van der Waals surface area contributed by atoms with Crippen molar-refractivity contribution in [2.24, 2.45) is 0 Å². The van der Waals surface area contributed by atoms with Crippen LogP contribution in [0.25, 0.3) is 0 Å². The van der Waals surface area contributed by atoms with Gasteiger partial charge in [0.1, 0.15) is 5.78 Å². The number of carbonyl (C=O) groups excluding carboxylic acids is 1. The van der Waals surface area contributed by atoms with Gasteiger partial charge in [-0.25, -0.2) is 0 Å². The fraction of sp³-hybridized carbons (Fsp3) is 0.923. The van der Waals surface area contributed by atoms with Gasteiger partial charge in [0.25, 0.3) is 0 Å². The van der Waals surface area contributed by atoms with E-state index in [0.717, 1.165) is 31.6 Å². The highest BCUT2D eigenvalue weighted by Crippen LogP contribution is 2.35. The highest BCUT2D eigenvalue weighted by atomic mass is 16.1. The zero-order valence-electron chi connectivity index (χ0n) is 10.2. The van der Waals surface area contributed by atoms with Crippen molar-refractivity contribution < 1.29 is 4.79 Å². The lowest BCUT2D eigenvalue weighted by atomic mass is 9.82. The maximum Gasteiger partial charge on any atom is 0.148 e. The molecule has 3 heterocycles. The van der Waals surface area contributed by atoms with Crippen LogP contribution in [0.2, 0.25) is 0 Å². The number of piperidine rings is 2. The Kier molecular flexibility index (Phi) is 2.76. The number of ketones is 1. The van der Waals surface area contributed by atoms with Gasteiger partial charge in [-0.05, 0) is 32.7 Å². The highest BCUT2D eigenvalue weighted by molar-refractivity contribution is 5.82. The van der Waals surface area contributed by atoms with Crippen LogP contribution in [0.5, 0.6) is 0 Å². The summed E-state index contributed by atoms with van der Waals surface area (Å²) in [5.74, 6) is 0.448. The molecule has 0 spiro atoms. The minimum atomic E-state index is 0.448. The summed E-state index contributed by atoms with van der Waals surface area (Å²) in [6.07, 6.45) is 7.52. The van der Waals surface area contributed by atoms with E-state index < -0.39 is 0 Å². The van der Waals surface area contributed by atoms with Crippen molar-refractivity contribution in [3.8, 4) is 0 Å². The van der Waals surface area contributed by atoms with E-state index in [2.05, 4.69) is 16.8 Å².